The molecule has 1 unspecified atom stereocenters. The summed E-state index contributed by atoms with van der Waals surface area (Å²) in [5, 5.41) is 14.0. The van der Waals surface area contributed by atoms with Crippen LogP contribution in [0.15, 0.2) is 22.8 Å². The lowest BCUT2D eigenvalue weighted by Gasteiger charge is -2.27. The zero-order valence-corrected chi connectivity index (χ0v) is 10.7. The average Bonchev–Trinajstić information content (AvgIpc) is 2.73. The maximum Gasteiger partial charge on any atom is 0.326 e. The van der Waals surface area contributed by atoms with Crippen LogP contribution in [0.4, 0.5) is 4.79 Å². The van der Waals surface area contributed by atoms with Crippen LogP contribution in [0, 0.1) is 5.41 Å². The van der Waals surface area contributed by atoms with Gasteiger partial charge in [-0.3, -0.25) is 0 Å². The number of carboxylic acids is 1. The van der Waals surface area contributed by atoms with Crippen LogP contribution in [0.25, 0.3) is 0 Å². The van der Waals surface area contributed by atoms with Crippen molar-refractivity contribution < 1.29 is 19.1 Å². The summed E-state index contributed by atoms with van der Waals surface area (Å²) in [6.45, 7) is 5.46. The number of carbonyl (C=O) groups excluding carboxylic acids is 1. The topological polar surface area (TPSA) is 91.6 Å². The second-order valence-electron chi connectivity index (χ2n) is 5.04. The Morgan fingerprint density at radius 3 is 2.56 bits per heavy atom. The highest BCUT2D eigenvalue weighted by Crippen LogP contribution is 2.19. The monoisotopic (exact) mass is 254 g/mol. The van der Waals surface area contributed by atoms with Gasteiger partial charge in [0.25, 0.3) is 0 Å². The predicted molar refractivity (Wildman–Crippen MR) is 65.0 cm³/mol. The Labute approximate surface area is 105 Å². The van der Waals surface area contributed by atoms with Crippen LogP contribution in [0.5, 0.6) is 0 Å². The third-order valence-electron chi connectivity index (χ3n) is 2.39. The van der Waals surface area contributed by atoms with Crippen LogP contribution in [-0.4, -0.2) is 23.1 Å². The molecule has 100 valence electrons. The lowest BCUT2D eigenvalue weighted by Crippen LogP contribution is -2.52. The molecule has 0 saturated heterocycles. The largest absolute Gasteiger partial charge is 0.480 e. The molecule has 0 fully saturated rings. The molecule has 1 heterocycles. The van der Waals surface area contributed by atoms with Gasteiger partial charge in [0.2, 0.25) is 0 Å². The third-order valence-corrected chi connectivity index (χ3v) is 2.39. The number of carbonyl (C=O) groups is 2. The van der Waals surface area contributed by atoms with E-state index < -0.39 is 23.5 Å². The molecule has 1 rings (SSSR count). The van der Waals surface area contributed by atoms with Crippen LogP contribution in [0.2, 0.25) is 0 Å². The minimum absolute atomic E-state index is 0.218. The van der Waals surface area contributed by atoms with Crippen molar-refractivity contribution in [1.29, 1.82) is 0 Å². The van der Waals surface area contributed by atoms with Crippen molar-refractivity contribution >= 4 is 12.0 Å². The van der Waals surface area contributed by atoms with E-state index in [-0.39, 0.29) is 6.54 Å². The minimum Gasteiger partial charge on any atom is -0.480 e. The van der Waals surface area contributed by atoms with Gasteiger partial charge in [0.15, 0.2) is 0 Å². The van der Waals surface area contributed by atoms with Crippen molar-refractivity contribution in [2.24, 2.45) is 5.41 Å². The van der Waals surface area contributed by atoms with Gasteiger partial charge in [-0.1, -0.05) is 20.8 Å². The Balaban J connectivity index is 2.49. The number of carboxylic acid groups (broad SMARTS) is 1. The number of nitrogens with one attached hydrogen (secondary N) is 2. The Morgan fingerprint density at radius 1 is 1.44 bits per heavy atom. The van der Waals surface area contributed by atoms with E-state index in [0.717, 1.165) is 0 Å². The van der Waals surface area contributed by atoms with E-state index in [2.05, 4.69) is 10.6 Å². The summed E-state index contributed by atoms with van der Waals surface area (Å²) < 4.78 is 5.04. The van der Waals surface area contributed by atoms with E-state index in [1.165, 1.54) is 6.26 Å². The molecule has 1 aromatic rings. The SMILES string of the molecule is CC(C)(C)C(NC(=O)NCc1ccco1)C(=O)O. The fourth-order valence-electron chi connectivity index (χ4n) is 1.41. The highest BCUT2D eigenvalue weighted by atomic mass is 16.4. The summed E-state index contributed by atoms with van der Waals surface area (Å²) in [5.74, 6) is -0.455. The van der Waals surface area contributed by atoms with Crippen LogP contribution < -0.4 is 10.6 Å². The number of urea groups is 1. The first-order chi connectivity index (χ1) is 8.30. The van der Waals surface area contributed by atoms with E-state index in [0.29, 0.717) is 5.76 Å². The average molecular weight is 254 g/mol. The van der Waals surface area contributed by atoms with Gasteiger partial charge in [0, 0.05) is 0 Å². The smallest absolute Gasteiger partial charge is 0.326 e. The van der Waals surface area contributed by atoms with Crippen LogP contribution in [-0.2, 0) is 11.3 Å². The van der Waals surface area contributed by atoms with Gasteiger partial charge in [-0.25, -0.2) is 9.59 Å². The Hall–Kier alpha value is -1.98. The first kappa shape index (κ1) is 14.1. The molecular weight excluding hydrogens is 236 g/mol. The van der Waals surface area contributed by atoms with E-state index in [4.69, 9.17) is 9.52 Å². The van der Waals surface area contributed by atoms with Crippen molar-refractivity contribution in [1.82, 2.24) is 10.6 Å². The molecule has 0 aliphatic carbocycles. The maximum atomic E-state index is 11.6. The van der Waals surface area contributed by atoms with Crippen molar-refractivity contribution in [3.05, 3.63) is 24.2 Å². The normalized spacial score (nSPS) is 12.8. The minimum atomic E-state index is -1.06. The fourth-order valence-corrected chi connectivity index (χ4v) is 1.41. The molecule has 6 heteroatoms. The Kier molecular flexibility index (Phi) is 4.36. The number of hydrogen-bond donors (Lipinski definition) is 3. The summed E-state index contributed by atoms with van der Waals surface area (Å²) in [6.07, 6.45) is 1.50. The summed E-state index contributed by atoms with van der Waals surface area (Å²) >= 11 is 0. The number of amides is 2. The molecule has 2 amide bonds. The molecule has 0 saturated carbocycles. The molecule has 0 radical (unpaired) electrons. The molecule has 0 aliphatic heterocycles. The molecule has 0 aliphatic rings. The van der Waals surface area contributed by atoms with Crippen molar-refractivity contribution in [3.63, 3.8) is 0 Å². The molecule has 0 spiro atoms. The lowest BCUT2D eigenvalue weighted by atomic mass is 9.87. The quantitative estimate of drug-likeness (QED) is 0.760. The molecule has 6 nitrogen and oxygen atoms in total. The summed E-state index contributed by atoms with van der Waals surface area (Å²) in [5.41, 5.74) is -0.562. The molecule has 1 aromatic heterocycles. The van der Waals surface area contributed by atoms with E-state index in [1.807, 2.05) is 0 Å². The van der Waals surface area contributed by atoms with Gasteiger partial charge < -0.3 is 20.2 Å². The highest BCUT2D eigenvalue weighted by molar-refractivity contribution is 5.83. The van der Waals surface area contributed by atoms with Gasteiger partial charge in [0.1, 0.15) is 11.8 Å². The predicted octanol–water partition coefficient (Wildman–Crippen LogP) is 1.58. The van der Waals surface area contributed by atoms with Gasteiger partial charge in [-0.15, -0.1) is 0 Å². The zero-order valence-electron chi connectivity index (χ0n) is 10.7. The Morgan fingerprint density at radius 2 is 2.11 bits per heavy atom. The van der Waals surface area contributed by atoms with Crippen molar-refractivity contribution in [2.75, 3.05) is 0 Å². The second kappa shape index (κ2) is 5.57. The molecule has 3 N–H and O–H groups in total. The first-order valence-electron chi connectivity index (χ1n) is 5.60. The van der Waals surface area contributed by atoms with E-state index >= 15 is 0 Å². The van der Waals surface area contributed by atoms with Crippen LogP contribution in [0.1, 0.15) is 26.5 Å². The molecule has 18 heavy (non-hydrogen) atoms. The second-order valence-corrected chi connectivity index (χ2v) is 5.04. The Bertz CT molecular complexity index is 406. The molecule has 0 bridgehead atoms. The summed E-state index contributed by atoms with van der Waals surface area (Å²) in [7, 11) is 0. The van der Waals surface area contributed by atoms with E-state index in [1.54, 1.807) is 32.9 Å². The summed E-state index contributed by atoms with van der Waals surface area (Å²) in [4.78, 5) is 22.6. The van der Waals surface area contributed by atoms with Gasteiger partial charge in [-0.05, 0) is 17.5 Å². The van der Waals surface area contributed by atoms with Gasteiger partial charge >= 0.3 is 12.0 Å². The number of rotatable bonds is 4. The van der Waals surface area contributed by atoms with Crippen molar-refractivity contribution in [3.8, 4) is 0 Å². The standard InChI is InChI=1S/C12H18N2O4/c1-12(2,3)9(10(15)16)14-11(17)13-7-8-5-4-6-18-8/h4-6,9H,7H2,1-3H3,(H,15,16)(H2,13,14,17). The molecule has 0 aromatic carbocycles. The van der Waals surface area contributed by atoms with Crippen molar-refractivity contribution in [2.45, 2.75) is 33.4 Å². The number of hydrogen-bond acceptors (Lipinski definition) is 3. The number of furan rings is 1. The van der Waals surface area contributed by atoms with E-state index in [9.17, 15) is 9.59 Å². The zero-order chi connectivity index (χ0) is 13.8. The first-order valence-corrected chi connectivity index (χ1v) is 5.60. The molecule has 1 atom stereocenters. The fraction of sp³-hybridized carbons (Fsp3) is 0.500. The van der Waals surface area contributed by atoms with Crippen LogP contribution >= 0.6 is 0 Å². The third kappa shape index (κ3) is 4.12. The van der Waals surface area contributed by atoms with Gasteiger partial charge in [-0.2, -0.15) is 0 Å². The molecular formula is C12H18N2O4. The summed E-state index contributed by atoms with van der Waals surface area (Å²) in [6, 6.07) is 1.95. The van der Waals surface area contributed by atoms with Gasteiger partial charge in [0.05, 0.1) is 12.8 Å². The lowest BCUT2D eigenvalue weighted by molar-refractivity contribution is -0.141. The maximum absolute atomic E-state index is 11.6. The number of aliphatic carboxylic acids is 1. The van der Waals surface area contributed by atoms with Crippen LogP contribution in [0.3, 0.4) is 0 Å². The highest BCUT2D eigenvalue weighted by Gasteiger charge is 2.32.